The number of amidine groups is 1. The number of methoxy groups -OCH3 is 1. The largest absolute Gasteiger partial charge is 0.497 e. The van der Waals surface area contributed by atoms with Crippen molar-refractivity contribution in [1.29, 1.82) is 0 Å². The summed E-state index contributed by atoms with van der Waals surface area (Å²) in [7, 11) is 1.59. The highest BCUT2D eigenvalue weighted by Crippen LogP contribution is 2.31. The van der Waals surface area contributed by atoms with E-state index in [1.807, 2.05) is 0 Å². The van der Waals surface area contributed by atoms with Crippen molar-refractivity contribution in [2.24, 2.45) is 4.99 Å². The van der Waals surface area contributed by atoms with Crippen molar-refractivity contribution in [2.75, 3.05) is 7.11 Å². The van der Waals surface area contributed by atoms with Crippen molar-refractivity contribution in [3.63, 3.8) is 0 Å². The number of ether oxygens (including phenoxy) is 1. The molecule has 2 aromatic carbocycles. The second kappa shape index (κ2) is 8.26. The monoisotopic (exact) mass is 421 g/mol. The predicted molar refractivity (Wildman–Crippen MR) is 115 cm³/mol. The van der Waals surface area contributed by atoms with Gasteiger partial charge in [0.25, 0.3) is 10.9 Å². The fourth-order valence-corrected chi connectivity index (χ4v) is 3.48. The number of nitrogens with one attached hydrogen (secondary N) is 1. The van der Waals surface area contributed by atoms with Crippen molar-refractivity contribution in [2.45, 2.75) is 0 Å². The highest BCUT2D eigenvalue weighted by molar-refractivity contribution is 8.18. The van der Waals surface area contributed by atoms with Gasteiger partial charge in [-0.2, -0.15) is 0 Å². The molecule has 0 atom stereocenters. The maximum atomic E-state index is 11.9. The van der Waals surface area contributed by atoms with Gasteiger partial charge in [0.1, 0.15) is 23.1 Å². The Morgan fingerprint density at radius 2 is 1.83 bits per heavy atom. The zero-order valence-electron chi connectivity index (χ0n) is 15.7. The van der Waals surface area contributed by atoms with Crippen LogP contribution in [0.25, 0.3) is 17.4 Å². The first kappa shape index (κ1) is 19.5. The molecule has 150 valence electrons. The Balaban J connectivity index is 1.59. The van der Waals surface area contributed by atoms with E-state index in [1.54, 1.807) is 61.7 Å². The van der Waals surface area contributed by atoms with Crippen molar-refractivity contribution < 1.29 is 18.9 Å². The molecule has 1 aliphatic heterocycles. The van der Waals surface area contributed by atoms with E-state index >= 15 is 0 Å². The summed E-state index contributed by atoms with van der Waals surface area (Å²) in [6.07, 6.45) is 1.72. The van der Waals surface area contributed by atoms with Crippen molar-refractivity contribution in [3.05, 3.63) is 81.4 Å². The van der Waals surface area contributed by atoms with Crippen LogP contribution in [0.4, 0.5) is 16.2 Å². The summed E-state index contributed by atoms with van der Waals surface area (Å²) in [5, 5.41) is 13.3. The maximum Gasteiger partial charge on any atom is 0.289 e. The molecule has 2 heterocycles. The number of nitrogens with zero attached hydrogens (tertiary/aromatic N) is 2. The lowest BCUT2D eigenvalue weighted by atomic mass is 10.1. The quantitative estimate of drug-likeness (QED) is 0.437. The minimum Gasteiger partial charge on any atom is -0.497 e. The first-order chi connectivity index (χ1) is 14.5. The number of benzene rings is 2. The molecule has 1 aromatic heterocycles. The average molecular weight is 421 g/mol. The van der Waals surface area contributed by atoms with Gasteiger partial charge in [-0.05, 0) is 66.4 Å². The zero-order chi connectivity index (χ0) is 21.1. The Kier molecular flexibility index (Phi) is 5.36. The van der Waals surface area contributed by atoms with Gasteiger partial charge in [-0.15, -0.1) is 0 Å². The molecule has 1 fully saturated rings. The Labute approximate surface area is 175 Å². The molecule has 0 bridgehead atoms. The number of hydrogen-bond acceptors (Lipinski definition) is 7. The number of non-ortho nitro benzene ring substituents is 1. The number of thioether (sulfide) groups is 1. The third-order valence-corrected chi connectivity index (χ3v) is 5.05. The van der Waals surface area contributed by atoms with E-state index in [0.29, 0.717) is 39.3 Å². The van der Waals surface area contributed by atoms with Crippen LogP contribution < -0.4 is 10.1 Å². The first-order valence-corrected chi connectivity index (χ1v) is 9.62. The van der Waals surface area contributed by atoms with Crippen LogP contribution in [-0.4, -0.2) is 23.1 Å². The molecule has 4 rings (SSSR count). The van der Waals surface area contributed by atoms with Crippen molar-refractivity contribution in [3.8, 4) is 17.1 Å². The zero-order valence-corrected chi connectivity index (χ0v) is 16.5. The van der Waals surface area contributed by atoms with Gasteiger partial charge in [-0.25, -0.2) is 4.99 Å². The number of nitro groups is 1. The number of furan rings is 1. The molecule has 0 spiro atoms. The third-order valence-electron chi connectivity index (χ3n) is 4.23. The van der Waals surface area contributed by atoms with Crippen LogP contribution in [0.5, 0.6) is 5.75 Å². The molecule has 0 radical (unpaired) electrons. The summed E-state index contributed by atoms with van der Waals surface area (Å²) in [6, 6.07) is 16.8. The molecule has 0 aliphatic carbocycles. The Hall–Kier alpha value is -3.85. The number of carbonyl (C=O) groups excluding carboxylic acids is 1. The Morgan fingerprint density at radius 1 is 1.10 bits per heavy atom. The fourth-order valence-electron chi connectivity index (χ4n) is 2.76. The number of hydrogen-bond donors (Lipinski definition) is 1. The second-order valence-corrected chi connectivity index (χ2v) is 7.20. The topological polar surface area (TPSA) is 107 Å². The summed E-state index contributed by atoms with van der Waals surface area (Å²) in [6.45, 7) is 0. The van der Waals surface area contributed by atoms with Crippen molar-refractivity contribution >= 4 is 40.3 Å². The van der Waals surface area contributed by atoms with Gasteiger partial charge in [-0.3, -0.25) is 14.9 Å². The maximum absolute atomic E-state index is 11.9. The van der Waals surface area contributed by atoms with Crippen molar-refractivity contribution in [1.82, 2.24) is 5.32 Å². The molecule has 8 nitrogen and oxygen atoms in total. The fraction of sp³-hybridized carbons (Fsp3) is 0.0476. The standard InChI is InChI=1S/C21H15N3O5S/c1-28-16-8-4-14(5-9-16)22-20-19(30-21(25)23-20)12-17-10-11-18(29-17)13-2-6-15(7-3-13)24(26)27/h2-12H,1H3,(H,22,23,25)/b19-12-. The molecule has 1 saturated heterocycles. The molecule has 1 aliphatic rings. The van der Waals surface area contributed by atoms with E-state index in [9.17, 15) is 14.9 Å². The normalized spacial score (nSPS) is 16.1. The summed E-state index contributed by atoms with van der Waals surface area (Å²) in [4.78, 5) is 27.3. The molecular formula is C21H15N3O5S. The minimum absolute atomic E-state index is 0.0129. The minimum atomic E-state index is -0.452. The third kappa shape index (κ3) is 4.26. The van der Waals surface area contributed by atoms with Crippen LogP contribution in [0.15, 0.2) is 75.0 Å². The van der Waals surface area contributed by atoms with Gasteiger partial charge < -0.3 is 14.5 Å². The van der Waals surface area contributed by atoms with Crippen LogP contribution in [0.3, 0.4) is 0 Å². The molecule has 1 N–H and O–H groups in total. The van der Waals surface area contributed by atoms with E-state index in [-0.39, 0.29) is 10.9 Å². The molecule has 1 amide bonds. The van der Waals surface area contributed by atoms with Gasteiger partial charge >= 0.3 is 0 Å². The van der Waals surface area contributed by atoms with E-state index in [0.717, 1.165) is 11.8 Å². The lowest BCUT2D eigenvalue weighted by Crippen LogP contribution is -2.18. The van der Waals surface area contributed by atoms with Gasteiger partial charge in [0, 0.05) is 17.7 Å². The molecule has 30 heavy (non-hydrogen) atoms. The Morgan fingerprint density at radius 3 is 2.50 bits per heavy atom. The average Bonchev–Trinajstić information content (AvgIpc) is 3.35. The molecule has 0 unspecified atom stereocenters. The SMILES string of the molecule is COc1ccc(N=C2NC(=O)S/C2=C\c2ccc(-c3ccc([N+](=O)[O-])cc3)o2)cc1. The molecular weight excluding hydrogens is 406 g/mol. The van der Waals surface area contributed by atoms with Gasteiger partial charge in [0.15, 0.2) is 0 Å². The summed E-state index contributed by atoms with van der Waals surface area (Å²) < 4.78 is 11.0. The van der Waals surface area contributed by atoms with E-state index in [4.69, 9.17) is 9.15 Å². The molecule has 3 aromatic rings. The summed E-state index contributed by atoms with van der Waals surface area (Å²) in [5.74, 6) is 2.25. The highest BCUT2D eigenvalue weighted by atomic mass is 32.2. The van der Waals surface area contributed by atoms with Gasteiger partial charge in [-0.1, -0.05) is 0 Å². The van der Waals surface area contributed by atoms with E-state index in [2.05, 4.69) is 10.3 Å². The predicted octanol–water partition coefficient (Wildman–Crippen LogP) is 5.39. The summed E-state index contributed by atoms with van der Waals surface area (Å²) in [5.41, 5.74) is 1.40. The lowest BCUT2D eigenvalue weighted by Gasteiger charge is -2.01. The number of nitro benzene ring substituents is 1. The molecule has 9 heteroatoms. The number of rotatable bonds is 5. The van der Waals surface area contributed by atoms with E-state index in [1.165, 1.54) is 12.1 Å². The van der Waals surface area contributed by atoms with Crippen LogP contribution in [0.1, 0.15) is 5.76 Å². The van der Waals surface area contributed by atoms with Gasteiger partial charge in [0.05, 0.1) is 22.6 Å². The highest BCUT2D eigenvalue weighted by Gasteiger charge is 2.24. The second-order valence-electron chi connectivity index (χ2n) is 6.19. The Bertz CT molecular complexity index is 1160. The number of carbonyl (C=O) groups is 1. The van der Waals surface area contributed by atoms with Crippen LogP contribution in [0, 0.1) is 10.1 Å². The van der Waals surface area contributed by atoms with Crippen LogP contribution >= 0.6 is 11.8 Å². The van der Waals surface area contributed by atoms with E-state index < -0.39 is 4.92 Å². The summed E-state index contributed by atoms with van der Waals surface area (Å²) >= 11 is 1.03. The number of amides is 1. The number of aliphatic imine (C=N–C) groups is 1. The molecule has 0 saturated carbocycles. The lowest BCUT2D eigenvalue weighted by molar-refractivity contribution is -0.384. The van der Waals surface area contributed by atoms with Crippen LogP contribution in [-0.2, 0) is 0 Å². The smallest absolute Gasteiger partial charge is 0.289 e. The van der Waals surface area contributed by atoms with Gasteiger partial charge in [0.2, 0.25) is 0 Å². The first-order valence-electron chi connectivity index (χ1n) is 8.80. The van der Waals surface area contributed by atoms with Crippen LogP contribution in [0.2, 0.25) is 0 Å².